The number of fused-ring (bicyclic) bond motifs is 1. The normalized spacial score (nSPS) is 19.2. The maximum absolute atomic E-state index is 12.2. The summed E-state index contributed by atoms with van der Waals surface area (Å²) in [6, 6.07) is 7.58. The summed E-state index contributed by atoms with van der Waals surface area (Å²) < 4.78 is 5.32. The van der Waals surface area contributed by atoms with Crippen molar-refractivity contribution in [1.29, 1.82) is 0 Å². The fraction of sp³-hybridized carbons (Fsp3) is 0.529. The Morgan fingerprint density at radius 1 is 1.43 bits per heavy atom. The molecule has 2 amide bonds. The number of hydrogen-bond donors (Lipinski definition) is 3. The van der Waals surface area contributed by atoms with Crippen molar-refractivity contribution >= 4 is 17.1 Å². The number of ether oxygens (including phenoxy) is 1. The second-order valence-electron chi connectivity index (χ2n) is 6.44. The third kappa shape index (κ3) is 3.82. The third-order valence-corrected chi connectivity index (χ3v) is 4.23. The van der Waals surface area contributed by atoms with Crippen LogP contribution in [0.15, 0.2) is 24.3 Å². The van der Waals surface area contributed by atoms with Gasteiger partial charge < -0.3 is 20.4 Å². The first kappa shape index (κ1) is 15.8. The molecule has 2 aromatic rings. The van der Waals surface area contributed by atoms with Crippen LogP contribution >= 0.6 is 0 Å². The Labute approximate surface area is 136 Å². The van der Waals surface area contributed by atoms with Crippen LogP contribution in [-0.4, -0.2) is 35.8 Å². The highest BCUT2D eigenvalue weighted by Crippen LogP contribution is 2.22. The molecule has 1 aromatic carbocycles. The van der Waals surface area contributed by atoms with Crippen molar-refractivity contribution in [2.75, 3.05) is 19.8 Å². The number of aromatic nitrogens is 2. The van der Waals surface area contributed by atoms with Crippen LogP contribution in [-0.2, 0) is 4.74 Å². The minimum atomic E-state index is -0.156. The molecule has 1 aromatic heterocycles. The van der Waals surface area contributed by atoms with Gasteiger partial charge >= 0.3 is 6.03 Å². The summed E-state index contributed by atoms with van der Waals surface area (Å²) in [5.41, 5.74) is 1.90. The van der Waals surface area contributed by atoms with Gasteiger partial charge in [0.05, 0.1) is 23.7 Å². The first-order valence-electron chi connectivity index (χ1n) is 8.20. The van der Waals surface area contributed by atoms with Crippen molar-refractivity contribution in [1.82, 2.24) is 20.6 Å². The molecule has 3 N–H and O–H groups in total. The van der Waals surface area contributed by atoms with Crippen molar-refractivity contribution in [3.05, 3.63) is 30.1 Å². The zero-order valence-corrected chi connectivity index (χ0v) is 13.6. The number of rotatable bonds is 5. The number of para-hydroxylation sites is 2. The molecule has 1 aliphatic heterocycles. The molecule has 2 heterocycles. The lowest BCUT2D eigenvalue weighted by Crippen LogP contribution is -2.42. The standard InChI is InChI=1S/C17H24N4O2/c1-11(2)15(16-19-13-5-3-4-6-14(13)20-16)21-17(22)18-9-12-7-8-23-10-12/h3-6,11-12,15H,7-10H2,1-2H3,(H,19,20)(H2,18,21,22)/t12-,15-/m1/s1. The number of carbonyl (C=O) groups excluding carboxylic acids is 1. The second-order valence-corrected chi connectivity index (χ2v) is 6.44. The van der Waals surface area contributed by atoms with E-state index in [1.165, 1.54) is 0 Å². The van der Waals surface area contributed by atoms with Gasteiger partial charge in [-0.25, -0.2) is 9.78 Å². The molecule has 3 rings (SSSR count). The lowest BCUT2D eigenvalue weighted by atomic mass is 10.0. The summed E-state index contributed by atoms with van der Waals surface area (Å²) in [6.07, 6.45) is 1.01. The maximum Gasteiger partial charge on any atom is 0.315 e. The number of imidazole rings is 1. The third-order valence-electron chi connectivity index (χ3n) is 4.23. The van der Waals surface area contributed by atoms with Crippen LogP contribution in [0.3, 0.4) is 0 Å². The van der Waals surface area contributed by atoms with E-state index in [9.17, 15) is 4.79 Å². The molecule has 0 radical (unpaired) electrons. The molecule has 124 valence electrons. The first-order valence-corrected chi connectivity index (χ1v) is 8.20. The van der Waals surface area contributed by atoms with Crippen molar-refractivity contribution in [2.24, 2.45) is 11.8 Å². The van der Waals surface area contributed by atoms with Gasteiger partial charge in [0.15, 0.2) is 0 Å². The molecule has 2 atom stereocenters. The number of carbonyl (C=O) groups is 1. The Bertz CT molecular complexity index is 628. The van der Waals surface area contributed by atoms with Gasteiger partial charge in [0, 0.05) is 19.1 Å². The first-order chi connectivity index (χ1) is 11.1. The van der Waals surface area contributed by atoms with Gasteiger partial charge in [-0.2, -0.15) is 0 Å². The number of nitrogens with zero attached hydrogens (tertiary/aromatic N) is 1. The highest BCUT2D eigenvalue weighted by molar-refractivity contribution is 5.76. The quantitative estimate of drug-likeness (QED) is 0.793. The molecular weight excluding hydrogens is 292 g/mol. The van der Waals surface area contributed by atoms with E-state index in [2.05, 4.69) is 34.4 Å². The molecular formula is C17H24N4O2. The van der Waals surface area contributed by atoms with E-state index in [0.717, 1.165) is 36.5 Å². The van der Waals surface area contributed by atoms with Crippen LogP contribution in [0.25, 0.3) is 11.0 Å². The SMILES string of the molecule is CC(C)[C@@H](NC(=O)NC[C@H]1CCOC1)c1nc2ccccc2[nH]1. The van der Waals surface area contributed by atoms with Crippen LogP contribution in [0.4, 0.5) is 4.79 Å². The Kier molecular flexibility index (Phi) is 4.81. The average molecular weight is 316 g/mol. The number of amides is 2. The zero-order valence-electron chi connectivity index (χ0n) is 13.6. The summed E-state index contributed by atoms with van der Waals surface area (Å²) in [5, 5.41) is 5.97. The number of nitrogens with one attached hydrogen (secondary N) is 3. The molecule has 0 spiro atoms. The number of urea groups is 1. The summed E-state index contributed by atoms with van der Waals surface area (Å²) in [5.74, 6) is 1.45. The number of hydrogen-bond acceptors (Lipinski definition) is 3. The summed E-state index contributed by atoms with van der Waals surface area (Å²) in [7, 11) is 0. The molecule has 23 heavy (non-hydrogen) atoms. The number of benzene rings is 1. The largest absolute Gasteiger partial charge is 0.381 e. The van der Waals surface area contributed by atoms with E-state index < -0.39 is 0 Å². The van der Waals surface area contributed by atoms with Crippen molar-refractivity contribution in [3.63, 3.8) is 0 Å². The van der Waals surface area contributed by atoms with Gasteiger partial charge in [-0.1, -0.05) is 26.0 Å². The van der Waals surface area contributed by atoms with E-state index >= 15 is 0 Å². The number of H-pyrrole nitrogens is 1. The Hall–Kier alpha value is -2.08. The number of aromatic amines is 1. The predicted molar refractivity (Wildman–Crippen MR) is 89.1 cm³/mol. The highest BCUT2D eigenvalue weighted by atomic mass is 16.5. The molecule has 6 heteroatoms. The van der Waals surface area contributed by atoms with E-state index in [0.29, 0.717) is 12.5 Å². The van der Waals surface area contributed by atoms with Crippen LogP contribution in [0.1, 0.15) is 32.1 Å². The lowest BCUT2D eigenvalue weighted by Gasteiger charge is -2.21. The Balaban J connectivity index is 1.64. The van der Waals surface area contributed by atoms with E-state index in [-0.39, 0.29) is 18.0 Å². The molecule has 1 fully saturated rings. The maximum atomic E-state index is 12.2. The van der Waals surface area contributed by atoms with Gasteiger partial charge in [-0.15, -0.1) is 0 Å². The minimum Gasteiger partial charge on any atom is -0.381 e. The highest BCUT2D eigenvalue weighted by Gasteiger charge is 2.22. The smallest absolute Gasteiger partial charge is 0.315 e. The van der Waals surface area contributed by atoms with Gasteiger partial charge in [-0.3, -0.25) is 0 Å². The van der Waals surface area contributed by atoms with Crippen LogP contribution in [0, 0.1) is 11.8 Å². The Morgan fingerprint density at radius 3 is 2.96 bits per heavy atom. The Morgan fingerprint density at radius 2 is 2.26 bits per heavy atom. The minimum absolute atomic E-state index is 0.151. The lowest BCUT2D eigenvalue weighted by molar-refractivity contribution is 0.184. The summed E-state index contributed by atoms with van der Waals surface area (Å²) in [6.45, 7) is 6.32. The van der Waals surface area contributed by atoms with Crippen LogP contribution < -0.4 is 10.6 Å². The van der Waals surface area contributed by atoms with Crippen molar-refractivity contribution < 1.29 is 9.53 Å². The van der Waals surface area contributed by atoms with E-state index in [4.69, 9.17) is 4.74 Å². The predicted octanol–water partition coefficient (Wildman–Crippen LogP) is 2.60. The van der Waals surface area contributed by atoms with E-state index in [1.54, 1.807) is 0 Å². The van der Waals surface area contributed by atoms with Crippen molar-refractivity contribution in [2.45, 2.75) is 26.3 Å². The van der Waals surface area contributed by atoms with Gasteiger partial charge in [0.1, 0.15) is 5.82 Å². The average Bonchev–Trinajstić information content (AvgIpc) is 3.19. The molecule has 6 nitrogen and oxygen atoms in total. The van der Waals surface area contributed by atoms with Crippen LogP contribution in [0.2, 0.25) is 0 Å². The van der Waals surface area contributed by atoms with Gasteiger partial charge in [0.25, 0.3) is 0 Å². The zero-order chi connectivity index (χ0) is 16.2. The fourth-order valence-electron chi connectivity index (χ4n) is 2.84. The molecule has 0 saturated carbocycles. The van der Waals surface area contributed by atoms with E-state index in [1.807, 2.05) is 24.3 Å². The molecule has 0 aliphatic carbocycles. The van der Waals surface area contributed by atoms with Crippen molar-refractivity contribution in [3.8, 4) is 0 Å². The van der Waals surface area contributed by atoms with Crippen LogP contribution in [0.5, 0.6) is 0 Å². The summed E-state index contributed by atoms with van der Waals surface area (Å²) >= 11 is 0. The molecule has 1 aliphatic rings. The molecule has 0 bridgehead atoms. The van der Waals surface area contributed by atoms with Gasteiger partial charge in [0.2, 0.25) is 0 Å². The topological polar surface area (TPSA) is 79.0 Å². The van der Waals surface area contributed by atoms with Gasteiger partial charge in [-0.05, 0) is 24.5 Å². The second kappa shape index (κ2) is 7.00. The monoisotopic (exact) mass is 316 g/mol. The summed E-state index contributed by atoms with van der Waals surface area (Å²) in [4.78, 5) is 20.1. The molecule has 0 unspecified atom stereocenters. The fourth-order valence-corrected chi connectivity index (χ4v) is 2.84. The molecule has 1 saturated heterocycles.